The number of fused-ring (bicyclic) bond motifs is 6. The number of rotatable bonds is 1. The third kappa shape index (κ3) is 2.33. The van der Waals surface area contributed by atoms with Gasteiger partial charge in [0.25, 0.3) is 5.91 Å². The van der Waals surface area contributed by atoms with Gasteiger partial charge in [-0.2, -0.15) is 0 Å². The highest BCUT2D eigenvalue weighted by atomic mass is 16.3. The number of benzene rings is 2. The molecule has 4 aliphatic rings. The minimum Gasteiger partial charge on any atom is -0.506 e. The molecular weight excluding hydrogens is 374 g/mol. The van der Waals surface area contributed by atoms with Gasteiger partial charge in [0.15, 0.2) is 0 Å². The van der Waals surface area contributed by atoms with Gasteiger partial charge in [0.1, 0.15) is 11.5 Å². The standard InChI is InChI=1S/C26H27NO3/c1-26-11-10-18-19(21(26)8-9-24(26)29)7-6-15-12-23(28)22(13-20(15)18)27-14-16-4-2-3-5-17(16)25(27)30/h2-5,12-13,18-19,21,28H,6-11,14H2,1H3/t18-,19+,21-,26-/m0/s1. The molecule has 4 nitrogen and oxygen atoms in total. The van der Waals surface area contributed by atoms with Crippen molar-refractivity contribution in [1.29, 1.82) is 0 Å². The van der Waals surface area contributed by atoms with Crippen molar-refractivity contribution in [2.75, 3.05) is 4.90 Å². The summed E-state index contributed by atoms with van der Waals surface area (Å²) in [6.45, 7) is 2.70. The van der Waals surface area contributed by atoms with E-state index < -0.39 is 0 Å². The largest absolute Gasteiger partial charge is 0.506 e. The van der Waals surface area contributed by atoms with Gasteiger partial charge in [-0.25, -0.2) is 0 Å². The molecule has 4 atom stereocenters. The number of hydrogen-bond acceptors (Lipinski definition) is 3. The molecule has 0 unspecified atom stereocenters. The van der Waals surface area contributed by atoms with Crippen molar-refractivity contribution in [3.63, 3.8) is 0 Å². The topological polar surface area (TPSA) is 57.6 Å². The first-order chi connectivity index (χ1) is 14.5. The van der Waals surface area contributed by atoms with E-state index in [0.717, 1.165) is 49.7 Å². The first-order valence-corrected chi connectivity index (χ1v) is 11.3. The minimum absolute atomic E-state index is 0.0363. The van der Waals surface area contributed by atoms with Crippen molar-refractivity contribution in [3.05, 3.63) is 58.7 Å². The molecule has 2 saturated carbocycles. The lowest BCUT2D eigenvalue weighted by Crippen LogP contribution is -2.42. The molecule has 0 bridgehead atoms. The molecule has 1 N–H and O–H groups in total. The van der Waals surface area contributed by atoms with E-state index in [0.29, 0.717) is 35.8 Å². The van der Waals surface area contributed by atoms with E-state index in [4.69, 9.17) is 0 Å². The van der Waals surface area contributed by atoms with Crippen molar-refractivity contribution in [2.45, 2.75) is 57.9 Å². The summed E-state index contributed by atoms with van der Waals surface area (Å²) in [6.07, 6.45) is 5.78. The highest BCUT2D eigenvalue weighted by Gasteiger charge is 2.54. The summed E-state index contributed by atoms with van der Waals surface area (Å²) >= 11 is 0. The Kier molecular flexibility index (Phi) is 3.75. The monoisotopic (exact) mass is 401 g/mol. The van der Waals surface area contributed by atoms with Crippen LogP contribution in [0, 0.1) is 17.3 Å². The maximum Gasteiger partial charge on any atom is 0.259 e. The Balaban J connectivity index is 1.39. The second kappa shape index (κ2) is 6.19. The zero-order valence-electron chi connectivity index (χ0n) is 17.4. The number of carbonyl (C=O) groups excluding carboxylic acids is 2. The number of ketones is 1. The molecule has 1 aliphatic heterocycles. The SMILES string of the molecule is C[C@]12CC[C@@H]3c4cc(N5Cc6ccccc6C5=O)c(O)cc4CC[C@H]3[C@@H]1CCC2=O. The molecule has 3 aliphatic carbocycles. The number of carbonyl (C=O) groups is 2. The summed E-state index contributed by atoms with van der Waals surface area (Å²) in [7, 11) is 0. The van der Waals surface area contributed by atoms with Gasteiger partial charge in [0.05, 0.1) is 12.2 Å². The fourth-order valence-corrected chi connectivity index (χ4v) is 7.03. The van der Waals surface area contributed by atoms with Gasteiger partial charge in [-0.15, -0.1) is 0 Å². The lowest BCUT2D eigenvalue weighted by molar-refractivity contribution is -0.129. The van der Waals surface area contributed by atoms with Crippen LogP contribution in [0.25, 0.3) is 0 Å². The summed E-state index contributed by atoms with van der Waals surface area (Å²) < 4.78 is 0. The third-order valence-electron chi connectivity index (χ3n) is 8.64. The van der Waals surface area contributed by atoms with Gasteiger partial charge in [-0.05, 0) is 84.7 Å². The zero-order valence-corrected chi connectivity index (χ0v) is 17.4. The van der Waals surface area contributed by atoms with E-state index in [1.807, 2.05) is 30.3 Å². The summed E-state index contributed by atoms with van der Waals surface area (Å²) in [4.78, 5) is 27.3. The lowest BCUT2D eigenvalue weighted by atomic mass is 9.55. The van der Waals surface area contributed by atoms with Crippen LogP contribution < -0.4 is 4.90 Å². The fraction of sp³-hybridized carbons (Fsp3) is 0.462. The van der Waals surface area contributed by atoms with Crippen molar-refractivity contribution >= 4 is 17.4 Å². The molecule has 1 heterocycles. The van der Waals surface area contributed by atoms with Crippen LogP contribution in [-0.2, 0) is 17.8 Å². The molecule has 4 heteroatoms. The average Bonchev–Trinajstić information content (AvgIpc) is 3.24. The maximum absolute atomic E-state index is 13.0. The smallest absolute Gasteiger partial charge is 0.259 e. The fourth-order valence-electron chi connectivity index (χ4n) is 7.03. The summed E-state index contributed by atoms with van der Waals surface area (Å²) in [5.74, 6) is 2.06. The molecule has 2 aromatic rings. The number of aromatic hydroxyl groups is 1. The summed E-state index contributed by atoms with van der Waals surface area (Å²) in [5.41, 5.74) is 4.75. The van der Waals surface area contributed by atoms with Crippen LogP contribution in [0.15, 0.2) is 36.4 Å². The summed E-state index contributed by atoms with van der Waals surface area (Å²) in [6, 6.07) is 11.7. The Morgan fingerprint density at radius 1 is 1.03 bits per heavy atom. The van der Waals surface area contributed by atoms with Crippen LogP contribution >= 0.6 is 0 Å². The predicted octanol–water partition coefficient (Wildman–Crippen LogP) is 4.98. The van der Waals surface area contributed by atoms with E-state index in [9.17, 15) is 14.7 Å². The van der Waals surface area contributed by atoms with E-state index in [1.165, 1.54) is 11.1 Å². The Labute approximate surface area is 176 Å². The molecule has 154 valence electrons. The predicted molar refractivity (Wildman–Crippen MR) is 115 cm³/mol. The van der Waals surface area contributed by atoms with Crippen LogP contribution in [0.5, 0.6) is 5.75 Å². The van der Waals surface area contributed by atoms with Crippen molar-refractivity contribution in [1.82, 2.24) is 0 Å². The van der Waals surface area contributed by atoms with E-state index >= 15 is 0 Å². The number of aryl methyl sites for hydroxylation is 1. The van der Waals surface area contributed by atoms with Gasteiger partial charge in [0.2, 0.25) is 0 Å². The summed E-state index contributed by atoms with van der Waals surface area (Å²) in [5, 5.41) is 10.8. The molecular formula is C26H27NO3. The normalized spacial score (nSPS) is 31.9. The van der Waals surface area contributed by atoms with Gasteiger partial charge in [-0.1, -0.05) is 25.1 Å². The Morgan fingerprint density at radius 3 is 2.70 bits per heavy atom. The quantitative estimate of drug-likeness (QED) is 0.733. The third-order valence-corrected chi connectivity index (χ3v) is 8.64. The highest BCUT2D eigenvalue weighted by Crippen LogP contribution is 2.60. The Bertz CT molecular complexity index is 1090. The Morgan fingerprint density at radius 2 is 1.87 bits per heavy atom. The number of phenols is 1. The first kappa shape index (κ1) is 18.2. The minimum atomic E-state index is -0.134. The number of anilines is 1. The molecule has 0 radical (unpaired) electrons. The average molecular weight is 402 g/mol. The number of phenolic OH excluding ortho intramolecular Hbond substituents is 1. The van der Waals surface area contributed by atoms with Crippen LogP contribution in [0.4, 0.5) is 5.69 Å². The first-order valence-electron chi connectivity index (χ1n) is 11.3. The van der Waals surface area contributed by atoms with Crippen molar-refractivity contribution in [2.24, 2.45) is 17.3 Å². The molecule has 1 amide bonds. The second-order valence-corrected chi connectivity index (χ2v) is 9.92. The molecule has 2 aromatic carbocycles. The van der Waals surface area contributed by atoms with Crippen molar-refractivity contribution < 1.29 is 14.7 Å². The molecule has 0 aromatic heterocycles. The van der Waals surface area contributed by atoms with Gasteiger partial charge in [-0.3, -0.25) is 9.59 Å². The number of nitrogens with zero attached hydrogens (tertiary/aromatic N) is 1. The molecule has 30 heavy (non-hydrogen) atoms. The molecule has 0 saturated heterocycles. The van der Waals surface area contributed by atoms with E-state index in [2.05, 4.69) is 13.0 Å². The molecule has 2 fully saturated rings. The van der Waals surface area contributed by atoms with E-state index in [-0.39, 0.29) is 17.1 Å². The van der Waals surface area contributed by atoms with Gasteiger partial charge >= 0.3 is 0 Å². The van der Waals surface area contributed by atoms with Crippen LogP contribution in [0.3, 0.4) is 0 Å². The second-order valence-electron chi connectivity index (χ2n) is 9.92. The van der Waals surface area contributed by atoms with Crippen LogP contribution in [0.2, 0.25) is 0 Å². The van der Waals surface area contributed by atoms with Gasteiger partial charge in [0, 0.05) is 17.4 Å². The molecule has 0 spiro atoms. The maximum atomic E-state index is 13.0. The van der Waals surface area contributed by atoms with Crippen LogP contribution in [-0.4, -0.2) is 16.8 Å². The van der Waals surface area contributed by atoms with Gasteiger partial charge < -0.3 is 10.0 Å². The van der Waals surface area contributed by atoms with E-state index in [1.54, 1.807) is 4.90 Å². The Hall–Kier alpha value is -2.62. The highest BCUT2D eigenvalue weighted by molar-refractivity contribution is 6.10. The van der Waals surface area contributed by atoms with Crippen molar-refractivity contribution in [3.8, 4) is 5.75 Å². The zero-order chi connectivity index (χ0) is 20.6. The number of hydrogen-bond donors (Lipinski definition) is 1. The number of amides is 1. The lowest BCUT2D eigenvalue weighted by Gasteiger charge is -2.48. The molecule has 6 rings (SSSR count). The van der Waals surface area contributed by atoms with Crippen LogP contribution in [0.1, 0.15) is 72.0 Å². The number of Topliss-reactive ketones (excluding diaryl/α,β-unsaturated/α-hetero) is 1.